The van der Waals surface area contributed by atoms with Crippen LogP contribution in [0.5, 0.6) is 0 Å². The number of aliphatic carboxylic acids is 1. The van der Waals surface area contributed by atoms with Crippen molar-refractivity contribution in [1.82, 2.24) is 10.6 Å². The van der Waals surface area contributed by atoms with Crippen molar-refractivity contribution in [2.75, 3.05) is 13.2 Å². The first-order chi connectivity index (χ1) is 16.5. The SMILES string of the molecule is CCC[C@@H](NC(=O)[C@H]1CCC[C@H]1CNC(=O)OCC1c2ccccc2-c2ccccc21)C(=O)O. The quantitative estimate of drug-likeness (QED) is 0.513. The molecule has 0 aliphatic heterocycles. The summed E-state index contributed by atoms with van der Waals surface area (Å²) in [6, 6.07) is 15.5. The van der Waals surface area contributed by atoms with Crippen LogP contribution in [0.15, 0.2) is 48.5 Å². The van der Waals surface area contributed by atoms with Gasteiger partial charge in [0, 0.05) is 18.4 Å². The Kier molecular flexibility index (Phi) is 7.50. The molecule has 0 spiro atoms. The zero-order valence-electron chi connectivity index (χ0n) is 19.5. The number of rotatable bonds is 9. The number of ether oxygens (including phenoxy) is 1. The maximum Gasteiger partial charge on any atom is 0.407 e. The summed E-state index contributed by atoms with van der Waals surface area (Å²) in [6.45, 7) is 2.46. The Morgan fingerprint density at radius 2 is 1.68 bits per heavy atom. The van der Waals surface area contributed by atoms with Gasteiger partial charge in [-0.05, 0) is 47.4 Å². The van der Waals surface area contributed by atoms with E-state index in [1.165, 1.54) is 11.1 Å². The largest absolute Gasteiger partial charge is 0.480 e. The first kappa shape index (κ1) is 23.8. The van der Waals surface area contributed by atoms with Crippen molar-refractivity contribution in [2.45, 2.75) is 51.0 Å². The molecule has 1 saturated carbocycles. The van der Waals surface area contributed by atoms with E-state index in [0.29, 0.717) is 25.8 Å². The average molecular weight is 465 g/mol. The maximum absolute atomic E-state index is 12.7. The molecule has 0 radical (unpaired) electrons. The van der Waals surface area contributed by atoms with Crippen molar-refractivity contribution in [3.8, 4) is 11.1 Å². The smallest absolute Gasteiger partial charge is 0.407 e. The molecule has 2 aromatic carbocycles. The average Bonchev–Trinajstić information content (AvgIpc) is 3.44. The predicted octanol–water partition coefficient (Wildman–Crippen LogP) is 4.31. The third kappa shape index (κ3) is 5.08. The number of fused-ring (bicyclic) bond motifs is 3. The molecule has 0 bridgehead atoms. The predicted molar refractivity (Wildman–Crippen MR) is 128 cm³/mol. The molecule has 0 heterocycles. The van der Waals surface area contributed by atoms with Crippen molar-refractivity contribution in [2.24, 2.45) is 11.8 Å². The number of amides is 2. The van der Waals surface area contributed by atoms with Gasteiger partial charge in [-0.25, -0.2) is 9.59 Å². The van der Waals surface area contributed by atoms with Crippen molar-refractivity contribution >= 4 is 18.0 Å². The van der Waals surface area contributed by atoms with Gasteiger partial charge in [0.25, 0.3) is 0 Å². The van der Waals surface area contributed by atoms with Crippen LogP contribution in [0, 0.1) is 11.8 Å². The summed E-state index contributed by atoms with van der Waals surface area (Å²) < 4.78 is 5.59. The van der Waals surface area contributed by atoms with Crippen LogP contribution in [0.2, 0.25) is 0 Å². The minimum absolute atomic E-state index is 0.00493. The summed E-state index contributed by atoms with van der Waals surface area (Å²) in [7, 11) is 0. The minimum Gasteiger partial charge on any atom is -0.480 e. The summed E-state index contributed by atoms with van der Waals surface area (Å²) in [4.78, 5) is 36.6. The summed E-state index contributed by atoms with van der Waals surface area (Å²) in [6.07, 6.45) is 2.96. The third-order valence-corrected chi connectivity index (χ3v) is 7.04. The molecule has 2 aromatic rings. The fourth-order valence-corrected chi connectivity index (χ4v) is 5.32. The molecule has 7 nitrogen and oxygen atoms in total. The number of alkyl carbamates (subject to hydrolysis) is 1. The lowest BCUT2D eigenvalue weighted by molar-refractivity contribution is -0.142. The van der Waals surface area contributed by atoms with Gasteiger partial charge in [0.15, 0.2) is 0 Å². The number of hydrogen-bond acceptors (Lipinski definition) is 4. The Morgan fingerprint density at radius 3 is 2.29 bits per heavy atom. The van der Waals surface area contributed by atoms with Crippen molar-refractivity contribution in [1.29, 1.82) is 0 Å². The third-order valence-electron chi connectivity index (χ3n) is 7.04. The van der Waals surface area contributed by atoms with Crippen LogP contribution in [0.3, 0.4) is 0 Å². The highest BCUT2D eigenvalue weighted by Crippen LogP contribution is 2.44. The van der Waals surface area contributed by atoms with E-state index in [0.717, 1.165) is 24.0 Å². The van der Waals surface area contributed by atoms with Gasteiger partial charge < -0.3 is 20.5 Å². The van der Waals surface area contributed by atoms with Crippen LogP contribution < -0.4 is 10.6 Å². The number of benzene rings is 2. The second-order valence-electron chi connectivity index (χ2n) is 9.19. The summed E-state index contributed by atoms with van der Waals surface area (Å²) >= 11 is 0. The minimum atomic E-state index is -1.01. The maximum atomic E-state index is 12.7. The molecule has 7 heteroatoms. The second-order valence-corrected chi connectivity index (χ2v) is 9.19. The van der Waals surface area contributed by atoms with Crippen LogP contribution in [-0.2, 0) is 14.3 Å². The van der Waals surface area contributed by atoms with E-state index in [9.17, 15) is 19.5 Å². The molecule has 3 atom stereocenters. The van der Waals surface area contributed by atoms with Gasteiger partial charge in [0.05, 0.1) is 0 Å². The summed E-state index contributed by atoms with van der Waals surface area (Å²) in [5.74, 6) is -1.59. The number of carboxylic acid groups (broad SMARTS) is 1. The van der Waals surface area contributed by atoms with E-state index in [-0.39, 0.29) is 30.3 Å². The molecular weight excluding hydrogens is 432 g/mol. The van der Waals surface area contributed by atoms with Crippen LogP contribution in [-0.4, -0.2) is 42.3 Å². The Morgan fingerprint density at radius 1 is 1.03 bits per heavy atom. The Hall–Kier alpha value is -3.35. The molecule has 4 rings (SSSR count). The number of hydrogen-bond donors (Lipinski definition) is 3. The lowest BCUT2D eigenvalue weighted by Crippen LogP contribution is -2.45. The topological polar surface area (TPSA) is 105 Å². The Bertz CT molecular complexity index is 1010. The molecule has 0 saturated heterocycles. The Labute approximate surface area is 199 Å². The lowest BCUT2D eigenvalue weighted by atomic mass is 9.94. The van der Waals surface area contributed by atoms with Crippen molar-refractivity contribution < 1.29 is 24.2 Å². The molecule has 180 valence electrons. The number of carboxylic acids is 1. The van der Waals surface area contributed by atoms with E-state index >= 15 is 0 Å². The zero-order valence-corrected chi connectivity index (χ0v) is 19.5. The van der Waals surface area contributed by atoms with Crippen LogP contribution in [0.25, 0.3) is 11.1 Å². The van der Waals surface area contributed by atoms with E-state index in [4.69, 9.17) is 4.74 Å². The first-order valence-electron chi connectivity index (χ1n) is 12.1. The van der Waals surface area contributed by atoms with E-state index in [1.54, 1.807) is 0 Å². The highest BCUT2D eigenvalue weighted by atomic mass is 16.5. The van der Waals surface area contributed by atoms with Gasteiger partial charge in [0.1, 0.15) is 12.6 Å². The van der Waals surface area contributed by atoms with E-state index in [2.05, 4.69) is 34.9 Å². The fraction of sp³-hybridized carbons (Fsp3) is 0.444. The van der Waals surface area contributed by atoms with Crippen LogP contribution in [0.4, 0.5) is 4.79 Å². The monoisotopic (exact) mass is 464 g/mol. The van der Waals surface area contributed by atoms with Gasteiger partial charge in [-0.2, -0.15) is 0 Å². The van der Waals surface area contributed by atoms with Gasteiger partial charge in [0.2, 0.25) is 5.91 Å². The van der Waals surface area contributed by atoms with Gasteiger partial charge in [-0.15, -0.1) is 0 Å². The molecule has 34 heavy (non-hydrogen) atoms. The normalized spacial score (nSPS) is 19.7. The highest BCUT2D eigenvalue weighted by Gasteiger charge is 2.35. The molecule has 0 unspecified atom stereocenters. The molecule has 3 N–H and O–H groups in total. The first-order valence-corrected chi connectivity index (χ1v) is 12.1. The number of carbonyl (C=O) groups is 3. The second kappa shape index (κ2) is 10.7. The fourth-order valence-electron chi connectivity index (χ4n) is 5.32. The standard InChI is InChI=1S/C27H32N2O5/c1-2-8-24(26(31)32)29-25(30)18-14-7-9-17(18)15-28-27(33)34-16-23-21-12-5-3-10-19(21)20-11-4-6-13-22(20)23/h3-6,10-13,17-18,23-24H,2,7-9,14-16H2,1H3,(H,28,33)(H,29,30)(H,31,32)/t17-,18-,24+/m0/s1. The van der Waals surface area contributed by atoms with Gasteiger partial charge in [-0.1, -0.05) is 68.3 Å². The van der Waals surface area contributed by atoms with Crippen LogP contribution in [0.1, 0.15) is 56.1 Å². The zero-order chi connectivity index (χ0) is 24.1. The van der Waals surface area contributed by atoms with Crippen LogP contribution >= 0.6 is 0 Å². The van der Waals surface area contributed by atoms with E-state index in [1.807, 2.05) is 31.2 Å². The Balaban J connectivity index is 1.30. The van der Waals surface area contributed by atoms with Crippen molar-refractivity contribution in [3.63, 3.8) is 0 Å². The number of carbonyl (C=O) groups excluding carboxylic acids is 2. The molecule has 1 fully saturated rings. The van der Waals surface area contributed by atoms with Gasteiger partial charge in [-0.3, -0.25) is 4.79 Å². The molecular formula is C27H32N2O5. The molecule has 2 aliphatic carbocycles. The molecule has 0 aromatic heterocycles. The highest BCUT2D eigenvalue weighted by molar-refractivity contribution is 5.85. The molecule has 2 aliphatic rings. The summed E-state index contributed by atoms with van der Waals surface area (Å²) in [5, 5.41) is 14.8. The van der Waals surface area contributed by atoms with Crippen molar-refractivity contribution in [3.05, 3.63) is 59.7 Å². The number of nitrogens with one attached hydrogen (secondary N) is 2. The molecule has 2 amide bonds. The van der Waals surface area contributed by atoms with E-state index < -0.39 is 18.1 Å². The van der Waals surface area contributed by atoms with Gasteiger partial charge >= 0.3 is 12.1 Å². The summed E-state index contributed by atoms with van der Waals surface area (Å²) in [5.41, 5.74) is 4.66. The lowest BCUT2D eigenvalue weighted by Gasteiger charge is -2.22.